The monoisotopic (exact) mass is 653 g/mol. The zero-order valence-electron chi connectivity index (χ0n) is 27.0. The Kier molecular flexibility index (Phi) is 12.0. The maximum atomic E-state index is 15.0. The second-order valence-electron chi connectivity index (χ2n) is 11.8. The van der Waals surface area contributed by atoms with Gasteiger partial charge in [-0.3, -0.25) is 19.2 Å². The molecular weight excluding hydrogens is 612 g/mol. The summed E-state index contributed by atoms with van der Waals surface area (Å²) in [5.74, 6) is -3.96. The molecule has 1 aromatic heterocycles. The van der Waals surface area contributed by atoms with Gasteiger partial charge in [-0.1, -0.05) is 44.2 Å². The summed E-state index contributed by atoms with van der Waals surface area (Å²) in [6.45, 7) is 5.72. The number of hydrogen-bond donors (Lipinski definition) is 3. The molecule has 0 spiro atoms. The van der Waals surface area contributed by atoms with E-state index in [-0.39, 0.29) is 62.8 Å². The van der Waals surface area contributed by atoms with Crippen LogP contribution in [0.1, 0.15) is 66.7 Å². The van der Waals surface area contributed by atoms with E-state index in [1.54, 1.807) is 6.92 Å². The number of rotatable bonds is 5. The van der Waals surface area contributed by atoms with Crippen molar-refractivity contribution in [2.75, 3.05) is 26.7 Å². The molecule has 2 aromatic carbocycles. The number of hydrogen-bond acceptors (Lipinski definition) is 7. The fourth-order valence-corrected chi connectivity index (χ4v) is 5.42. The molecule has 0 radical (unpaired) electrons. The van der Waals surface area contributed by atoms with Crippen molar-refractivity contribution in [2.45, 2.75) is 65.1 Å². The van der Waals surface area contributed by atoms with Crippen molar-refractivity contribution in [3.05, 3.63) is 76.9 Å². The summed E-state index contributed by atoms with van der Waals surface area (Å²) in [7, 11) is 1.10. The predicted octanol–water partition coefficient (Wildman–Crippen LogP) is 2.86. The molecule has 4 rings (SSSR count). The average Bonchev–Trinajstić information content (AvgIpc) is 3.39. The molecule has 0 saturated heterocycles. The van der Waals surface area contributed by atoms with Gasteiger partial charge in [0.2, 0.25) is 17.7 Å². The lowest BCUT2D eigenvalue weighted by Crippen LogP contribution is -2.50. The van der Waals surface area contributed by atoms with Crippen LogP contribution in [0.2, 0.25) is 0 Å². The Morgan fingerprint density at radius 3 is 2.45 bits per heavy atom. The van der Waals surface area contributed by atoms with E-state index in [2.05, 4.69) is 26.0 Å². The van der Waals surface area contributed by atoms with E-state index in [0.717, 1.165) is 24.8 Å². The number of methoxy groups -OCH3 is 1. The molecule has 14 heteroatoms. The molecular formula is C33H41F2N7O5. The van der Waals surface area contributed by atoms with E-state index in [1.165, 1.54) is 9.58 Å². The van der Waals surface area contributed by atoms with E-state index in [9.17, 15) is 23.6 Å². The fourth-order valence-electron chi connectivity index (χ4n) is 5.42. The van der Waals surface area contributed by atoms with Gasteiger partial charge in [-0.2, -0.15) is 5.10 Å². The van der Waals surface area contributed by atoms with Gasteiger partial charge in [-0.05, 0) is 43.4 Å². The molecule has 12 nitrogen and oxygen atoms in total. The molecule has 1 aliphatic heterocycles. The normalized spacial score (nSPS) is 18.8. The average molecular weight is 654 g/mol. The van der Waals surface area contributed by atoms with E-state index in [1.807, 2.05) is 44.2 Å². The van der Waals surface area contributed by atoms with Crippen LogP contribution >= 0.6 is 0 Å². The maximum absolute atomic E-state index is 15.0. The van der Waals surface area contributed by atoms with Crippen molar-refractivity contribution >= 4 is 23.6 Å². The lowest BCUT2D eigenvalue weighted by Gasteiger charge is -2.26. The van der Waals surface area contributed by atoms with Gasteiger partial charge in [0.15, 0.2) is 23.2 Å². The van der Waals surface area contributed by atoms with Gasteiger partial charge in [-0.15, -0.1) is 0 Å². The molecule has 2 atom stereocenters. The lowest BCUT2D eigenvalue weighted by molar-refractivity contribution is -0.129. The van der Waals surface area contributed by atoms with Crippen molar-refractivity contribution in [3.63, 3.8) is 0 Å². The molecule has 3 N–H and O–H groups in total. The van der Waals surface area contributed by atoms with Crippen LogP contribution in [0.3, 0.4) is 0 Å². The van der Waals surface area contributed by atoms with E-state index in [0.29, 0.717) is 18.1 Å². The Labute approximate surface area is 272 Å². The number of ether oxygens (including phenoxy) is 1. The number of nitrogens with zero attached hydrogens (tertiary/aromatic N) is 4. The van der Waals surface area contributed by atoms with Crippen LogP contribution in [0.25, 0.3) is 0 Å². The Hall–Kier alpha value is -4.88. The van der Waals surface area contributed by atoms with E-state index < -0.39 is 47.2 Å². The molecule has 2 heterocycles. The minimum Gasteiger partial charge on any atom is -0.491 e. The van der Waals surface area contributed by atoms with Gasteiger partial charge < -0.3 is 25.6 Å². The van der Waals surface area contributed by atoms with Crippen molar-refractivity contribution < 1.29 is 32.7 Å². The largest absolute Gasteiger partial charge is 0.491 e. The first-order valence-corrected chi connectivity index (χ1v) is 15.6. The topological polar surface area (TPSA) is 148 Å². The molecule has 4 amide bonds. The highest BCUT2D eigenvalue weighted by molar-refractivity contribution is 5.95. The van der Waals surface area contributed by atoms with Crippen LogP contribution < -0.4 is 20.7 Å². The number of nitrogens with one attached hydrogen (secondary N) is 3. The number of amides is 4. The maximum Gasteiger partial charge on any atom is 0.256 e. The van der Waals surface area contributed by atoms with Gasteiger partial charge in [-0.25, -0.2) is 18.4 Å². The summed E-state index contributed by atoms with van der Waals surface area (Å²) in [5.41, 5.74) is 0.452. The van der Waals surface area contributed by atoms with Gasteiger partial charge >= 0.3 is 0 Å². The van der Waals surface area contributed by atoms with Gasteiger partial charge in [0.25, 0.3) is 5.91 Å². The first-order chi connectivity index (χ1) is 22.5. The molecule has 0 bridgehead atoms. The smallest absolute Gasteiger partial charge is 0.256 e. The Balaban J connectivity index is 1.62. The summed E-state index contributed by atoms with van der Waals surface area (Å²) in [6, 6.07) is 9.71. The highest BCUT2D eigenvalue weighted by atomic mass is 19.1. The zero-order chi connectivity index (χ0) is 34.1. The molecule has 47 heavy (non-hydrogen) atoms. The number of benzene rings is 2. The number of fused-ring (bicyclic) bond motifs is 1. The van der Waals surface area contributed by atoms with Crippen LogP contribution in [0.4, 0.5) is 8.78 Å². The summed E-state index contributed by atoms with van der Waals surface area (Å²) in [4.78, 5) is 59.2. The number of carbonyl (C=O) groups is 4. The van der Waals surface area contributed by atoms with E-state index >= 15 is 4.39 Å². The summed E-state index contributed by atoms with van der Waals surface area (Å²) in [6.07, 6.45) is 0.695. The predicted molar refractivity (Wildman–Crippen MR) is 168 cm³/mol. The lowest BCUT2D eigenvalue weighted by atomic mass is 10.0. The first kappa shape index (κ1) is 35.0. The summed E-state index contributed by atoms with van der Waals surface area (Å²) in [5, 5.41) is 13.1. The molecule has 3 aromatic rings. The van der Waals surface area contributed by atoms with Crippen LogP contribution in [0, 0.1) is 24.5 Å². The molecule has 252 valence electrons. The van der Waals surface area contributed by atoms with Gasteiger partial charge in [0.05, 0.1) is 18.7 Å². The van der Waals surface area contributed by atoms with Crippen LogP contribution in [-0.4, -0.2) is 76.1 Å². The number of aryl methyl sites for hydroxylation is 1. The van der Waals surface area contributed by atoms with Crippen LogP contribution in [-0.2, 0) is 27.3 Å². The standard InChI is InChI=1S/C33H41F2N7O5/c1-20(2)29-31-37-21(3)40-42(31)19-27(44)36-15-9-17-41(33(46)23-13-14-24(34)30(47-4)28(23)35)16-8-12-26(43)38-25(32(45)39-29)18-22-10-6-5-7-11-22/h5-7,10-11,13-14,20,25,29H,8-9,12,15-19H2,1-4H3,(H,36,44)(H,38,43)(H,39,45)/t25-,29+/m1/s1. The fraction of sp³-hybridized carbons (Fsp3) is 0.455. The number of carbonyl (C=O) groups excluding carboxylic acids is 4. The SMILES string of the molecule is COc1c(F)ccc(C(=O)N2CCCNC(=O)Cn3nc(C)nc3[C@H](C(C)C)NC(=O)[C@@H](Cc3ccccc3)NC(=O)CCC2)c1F. The van der Waals surface area contributed by atoms with Crippen LogP contribution in [0.5, 0.6) is 5.75 Å². The Bertz CT molecular complexity index is 1580. The molecule has 0 unspecified atom stereocenters. The number of halogens is 2. The highest BCUT2D eigenvalue weighted by Crippen LogP contribution is 2.26. The molecule has 0 aliphatic carbocycles. The van der Waals surface area contributed by atoms with Gasteiger partial charge in [0, 0.05) is 32.5 Å². The molecule has 1 aliphatic rings. The third-order valence-corrected chi connectivity index (χ3v) is 7.81. The van der Waals surface area contributed by atoms with Crippen molar-refractivity contribution in [1.82, 2.24) is 35.6 Å². The van der Waals surface area contributed by atoms with Crippen molar-refractivity contribution in [2.24, 2.45) is 5.92 Å². The van der Waals surface area contributed by atoms with E-state index in [4.69, 9.17) is 4.74 Å². The Morgan fingerprint density at radius 1 is 1.02 bits per heavy atom. The second-order valence-corrected chi connectivity index (χ2v) is 11.8. The van der Waals surface area contributed by atoms with Crippen LogP contribution in [0.15, 0.2) is 42.5 Å². The minimum atomic E-state index is -1.13. The van der Waals surface area contributed by atoms with Crippen molar-refractivity contribution in [1.29, 1.82) is 0 Å². The Morgan fingerprint density at radius 2 is 1.74 bits per heavy atom. The summed E-state index contributed by atoms with van der Waals surface area (Å²) < 4.78 is 35.3. The highest BCUT2D eigenvalue weighted by Gasteiger charge is 2.30. The number of aromatic nitrogens is 3. The zero-order valence-corrected chi connectivity index (χ0v) is 27.0. The third kappa shape index (κ3) is 9.11. The second kappa shape index (κ2) is 16.1. The minimum absolute atomic E-state index is 0.0323. The summed E-state index contributed by atoms with van der Waals surface area (Å²) >= 11 is 0. The molecule has 0 saturated carbocycles. The third-order valence-electron chi connectivity index (χ3n) is 7.81. The van der Waals surface area contributed by atoms with Gasteiger partial charge in [0.1, 0.15) is 18.4 Å². The first-order valence-electron chi connectivity index (χ1n) is 15.6. The quantitative estimate of drug-likeness (QED) is 0.384. The molecule has 0 fully saturated rings. The van der Waals surface area contributed by atoms with Crippen molar-refractivity contribution in [3.8, 4) is 5.75 Å².